The van der Waals surface area contributed by atoms with Crippen molar-refractivity contribution in [1.82, 2.24) is 5.32 Å². The third-order valence-corrected chi connectivity index (χ3v) is 4.68. The molecular formula is C18H22ClNS. The molecule has 0 bridgehead atoms. The van der Waals surface area contributed by atoms with E-state index in [1.54, 1.807) is 11.8 Å². The minimum atomic E-state index is 0.668. The van der Waals surface area contributed by atoms with Crippen LogP contribution in [0.15, 0.2) is 53.4 Å². The van der Waals surface area contributed by atoms with E-state index in [-0.39, 0.29) is 0 Å². The predicted molar refractivity (Wildman–Crippen MR) is 94.0 cm³/mol. The largest absolute Gasteiger partial charge is 0.312 e. The van der Waals surface area contributed by atoms with Gasteiger partial charge in [-0.15, -0.1) is 11.8 Å². The maximum atomic E-state index is 6.39. The van der Waals surface area contributed by atoms with E-state index in [1.165, 1.54) is 11.1 Å². The quantitative estimate of drug-likeness (QED) is 0.688. The van der Waals surface area contributed by atoms with Crippen LogP contribution in [-0.4, -0.2) is 6.54 Å². The zero-order valence-corrected chi connectivity index (χ0v) is 14.2. The highest BCUT2D eigenvalue weighted by atomic mass is 35.5. The molecule has 0 saturated heterocycles. The Balaban J connectivity index is 1.90. The van der Waals surface area contributed by atoms with Crippen molar-refractivity contribution in [2.75, 3.05) is 6.54 Å². The molecule has 112 valence electrons. The Labute approximate surface area is 137 Å². The van der Waals surface area contributed by atoms with Crippen LogP contribution >= 0.6 is 23.4 Å². The van der Waals surface area contributed by atoms with Gasteiger partial charge in [0.05, 0.1) is 5.02 Å². The molecule has 0 aromatic heterocycles. The van der Waals surface area contributed by atoms with Crippen molar-refractivity contribution < 1.29 is 0 Å². The smallest absolute Gasteiger partial charge is 0.0545 e. The van der Waals surface area contributed by atoms with Crippen LogP contribution in [0.4, 0.5) is 0 Å². The van der Waals surface area contributed by atoms with E-state index in [0.29, 0.717) is 5.92 Å². The number of halogens is 1. The molecule has 0 spiro atoms. The fourth-order valence-electron chi connectivity index (χ4n) is 2.01. The van der Waals surface area contributed by atoms with Gasteiger partial charge in [-0.05, 0) is 35.7 Å². The third kappa shape index (κ3) is 5.74. The first kappa shape index (κ1) is 16.4. The molecular weight excluding hydrogens is 298 g/mol. The van der Waals surface area contributed by atoms with Gasteiger partial charge in [-0.3, -0.25) is 0 Å². The van der Waals surface area contributed by atoms with Crippen molar-refractivity contribution in [3.63, 3.8) is 0 Å². The van der Waals surface area contributed by atoms with E-state index in [1.807, 2.05) is 6.07 Å². The summed E-state index contributed by atoms with van der Waals surface area (Å²) in [6, 6.07) is 16.8. The summed E-state index contributed by atoms with van der Waals surface area (Å²) in [7, 11) is 0. The number of nitrogens with one attached hydrogen (secondary N) is 1. The summed E-state index contributed by atoms with van der Waals surface area (Å²) in [6.07, 6.45) is 0. The fourth-order valence-corrected chi connectivity index (χ4v) is 3.25. The molecule has 21 heavy (non-hydrogen) atoms. The third-order valence-electron chi connectivity index (χ3n) is 3.12. The van der Waals surface area contributed by atoms with Gasteiger partial charge in [-0.2, -0.15) is 0 Å². The highest BCUT2D eigenvalue weighted by Crippen LogP contribution is 2.30. The van der Waals surface area contributed by atoms with Gasteiger partial charge in [0.1, 0.15) is 0 Å². The summed E-state index contributed by atoms with van der Waals surface area (Å²) in [4.78, 5) is 1.15. The molecule has 1 nitrogen and oxygen atoms in total. The van der Waals surface area contributed by atoms with Crippen LogP contribution in [-0.2, 0) is 12.3 Å². The lowest BCUT2D eigenvalue weighted by molar-refractivity contribution is 0.552. The second-order valence-corrected chi connectivity index (χ2v) is 6.99. The molecule has 0 amide bonds. The summed E-state index contributed by atoms with van der Waals surface area (Å²) < 4.78 is 0. The fraction of sp³-hybridized carbons (Fsp3) is 0.333. The number of rotatable bonds is 7. The zero-order valence-electron chi connectivity index (χ0n) is 12.6. The SMILES string of the molecule is CC(C)CNCc1ccc(SCc2ccccc2)c(Cl)c1. The number of hydrogen-bond donors (Lipinski definition) is 1. The van der Waals surface area contributed by atoms with Crippen LogP contribution in [0, 0.1) is 5.92 Å². The Morgan fingerprint density at radius 3 is 2.48 bits per heavy atom. The van der Waals surface area contributed by atoms with E-state index in [4.69, 9.17) is 11.6 Å². The molecule has 2 aromatic rings. The lowest BCUT2D eigenvalue weighted by atomic mass is 10.2. The molecule has 0 saturated carbocycles. The van der Waals surface area contributed by atoms with Gasteiger partial charge in [0, 0.05) is 17.2 Å². The van der Waals surface area contributed by atoms with E-state index < -0.39 is 0 Å². The highest BCUT2D eigenvalue weighted by molar-refractivity contribution is 7.98. The maximum Gasteiger partial charge on any atom is 0.0545 e. The molecule has 0 heterocycles. The van der Waals surface area contributed by atoms with E-state index in [2.05, 4.69) is 61.6 Å². The Bertz CT molecular complexity index is 554. The van der Waals surface area contributed by atoms with Crippen molar-refractivity contribution >= 4 is 23.4 Å². The normalized spacial score (nSPS) is 11.0. The first-order valence-corrected chi connectivity index (χ1v) is 8.67. The molecule has 1 N–H and O–H groups in total. The Kier molecular flexibility index (Phi) is 6.62. The van der Waals surface area contributed by atoms with Gasteiger partial charge >= 0.3 is 0 Å². The molecule has 0 fully saturated rings. The predicted octanol–water partition coefficient (Wildman–Crippen LogP) is 5.38. The topological polar surface area (TPSA) is 12.0 Å². The van der Waals surface area contributed by atoms with Gasteiger partial charge in [0.2, 0.25) is 0 Å². The second kappa shape index (κ2) is 8.47. The number of benzene rings is 2. The molecule has 0 unspecified atom stereocenters. The number of hydrogen-bond acceptors (Lipinski definition) is 2. The van der Waals surface area contributed by atoms with Crippen LogP contribution in [0.3, 0.4) is 0 Å². The molecule has 0 atom stereocenters. The van der Waals surface area contributed by atoms with E-state index in [0.717, 1.165) is 28.8 Å². The lowest BCUT2D eigenvalue weighted by Gasteiger charge is -2.10. The molecule has 3 heteroatoms. The molecule has 2 aromatic carbocycles. The Morgan fingerprint density at radius 2 is 1.81 bits per heavy atom. The molecule has 2 rings (SSSR count). The molecule has 0 aliphatic rings. The molecule has 0 radical (unpaired) electrons. The lowest BCUT2D eigenvalue weighted by Crippen LogP contribution is -2.18. The average molecular weight is 320 g/mol. The minimum absolute atomic E-state index is 0.668. The minimum Gasteiger partial charge on any atom is -0.312 e. The van der Waals surface area contributed by atoms with Gasteiger partial charge < -0.3 is 5.32 Å². The first-order valence-electron chi connectivity index (χ1n) is 7.31. The van der Waals surface area contributed by atoms with Crippen LogP contribution < -0.4 is 5.32 Å². The van der Waals surface area contributed by atoms with Crippen molar-refractivity contribution in [2.45, 2.75) is 31.0 Å². The van der Waals surface area contributed by atoms with Gasteiger partial charge in [-0.25, -0.2) is 0 Å². The van der Waals surface area contributed by atoms with Crippen LogP contribution in [0.25, 0.3) is 0 Å². The Morgan fingerprint density at radius 1 is 1.05 bits per heavy atom. The highest BCUT2D eigenvalue weighted by Gasteiger charge is 2.04. The average Bonchev–Trinajstić information content (AvgIpc) is 2.47. The zero-order chi connectivity index (χ0) is 15.1. The Hall–Kier alpha value is -0.960. The summed E-state index contributed by atoms with van der Waals surface area (Å²) in [6.45, 7) is 6.33. The van der Waals surface area contributed by atoms with E-state index in [9.17, 15) is 0 Å². The molecule has 0 aliphatic carbocycles. The summed E-state index contributed by atoms with van der Waals surface area (Å²) in [5.41, 5.74) is 2.56. The van der Waals surface area contributed by atoms with Gasteiger partial charge in [0.15, 0.2) is 0 Å². The maximum absolute atomic E-state index is 6.39. The summed E-state index contributed by atoms with van der Waals surface area (Å²) >= 11 is 8.17. The van der Waals surface area contributed by atoms with Crippen LogP contribution in [0.2, 0.25) is 5.02 Å². The monoisotopic (exact) mass is 319 g/mol. The van der Waals surface area contributed by atoms with Gasteiger partial charge in [0.25, 0.3) is 0 Å². The van der Waals surface area contributed by atoms with Gasteiger partial charge in [-0.1, -0.05) is 61.8 Å². The van der Waals surface area contributed by atoms with Crippen LogP contribution in [0.5, 0.6) is 0 Å². The second-order valence-electron chi connectivity index (χ2n) is 5.56. The van der Waals surface area contributed by atoms with Crippen molar-refractivity contribution in [3.05, 3.63) is 64.7 Å². The number of thioether (sulfide) groups is 1. The summed E-state index contributed by atoms with van der Waals surface area (Å²) in [5.74, 6) is 1.62. The van der Waals surface area contributed by atoms with Crippen molar-refractivity contribution in [3.8, 4) is 0 Å². The van der Waals surface area contributed by atoms with E-state index >= 15 is 0 Å². The van der Waals surface area contributed by atoms with Crippen molar-refractivity contribution in [1.29, 1.82) is 0 Å². The van der Waals surface area contributed by atoms with Crippen molar-refractivity contribution in [2.24, 2.45) is 5.92 Å². The van der Waals surface area contributed by atoms with Crippen LogP contribution in [0.1, 0.15) is 25.0 Å². The molecule has 0 aliphatic heterocycles. The first-order chi connectivity index (χ1) is 10.1. The standard InChI is InChI=1S/C18H22ClNS/c1-14(2)11-20-12-16-8-9-18(17(19)10-16)21-13-15-6-4-3-5-7-15/h3-10,14,20H,11-13H2,1-2H3. The summed E-state index contributed by atoms with van der Waals surface area (Å²) in [5, 5.41) is 4.29.